The molecule has 528 valence electrons. The highest BCUT2D eigenvalue weighted by molar-refractivity contribution is 5.76. The van der Waals surface area contributed by atoms with Crippen LogP contribution in [-0.4, -0.2) is 193 Å². The predicted octanol–water partition coefficient (Wildman–Crippen LogP) is 9.44. The second-order valence-corrected chi connectivity index (χ2v) is 24.6. The van der Waals surface area contributed by atoms with Gasteiger partial charge >= 0.3 is 0 Å². The first-order valence-electron chi connectivity index (χ1n) is 35.1. The fourth-order valence-corrected chi connectivity index (χ4v) is 11.1. The molecular formula is C73H123NO18. The number of unbranched alkanes of at least 4 members (excludes halogenated alkanes) is 20. The van der Waals surface area contributed by atoms with E-state index in [-0.39, 0.29) is 12.3 Å². The minimum Gasteiger partial charge on any atom is -0.394 e. The van der Waals surface area contributed by atoms with Gasteiger partial charge in [-0.25, -0.2) is 0 Å². The molecule has 12 N–H and O–H groups in total. The average molecular weight is 1300 g/mol. The first kappa shape index (κ1) is 82.7. The van der Waals surface area contributed by atoms with Gasteiger partial charge in [0.2, 0.25) is 5.91 Å². The predicted molar refractivity (Wildman–Crippen MR) is 360 cm³/mol. The Morgan fingerprint density at radius 1 is 0.402 bits per heavy atom. The molecule has 3 heterocycles. The van der Waals surface area contributed by atoms with Crippen molar-refractivity contribution in [2.75, 3.05) is 26.4 Å². The average Bonchev–Trinajstić information content (AvgIpc) is 0.838. The van der Waals surface area contributed by atoms with E-state index in [1.807, 2.05) is 6.08 Å². The van der Waals surface area contributed by atoms with Gasteiger partial charge in [0.05, 0.1) is 38.6 Å². The van der Waals surface area contributed by atoms with Gasteiger partial charge < -0.3 is 89.9 Å². The maximum atomic E-state index is 13.4. The highest BCUT2D eigenvalue weighted by Gasteiger charge is 2.53. The van der Waals surface area contributed by atoms with Crippen molar-refractivity contribution in [1.29, 1.82) is 0 Å². The number of hydrogen-bond donors (Lipinski definition) is 12. The molecule has 0 saturated carbocycles. The molecule has 0 spiro atoms. The molecule has 0 aromatic carbocycles. The Morgan fingerprint density at radius 2 is 0.761 bits per heavy atom. The lowest BCUT2D eigenvalue weighted by Gasteiger charge is -2.48. The van der Waals surface area contributed by atoms with E-state index in [9.17, 15) is 61.0 Å². The van der Waals surface area contributed by atoms with Crippen LogP contribution in [0.15, 0.2) is 109 Å². The largest absolute Gasteiger partial charge is 0.394 e. The van der Waals surface area contributed by atoms with E-state index in [0.717, 1.165) is 77.0 Å². The zero-order valence-corrected chi connectivity index (χ0v) is 55.7. The van der Waals surface area contributed by atoms with Crippen LogP contribution in [0.25, 0.3) is 0 Å². The molecule has 3 aliphatic rings. The SMILES string of the molecule is CC/C=C\C/C=C\C/C=C\C/C=C\C/C=C\C/C=C\CCCCC(=O)NC(COC1OC(CO)C(OC2OC(CO)C(OC3OC(CO)C(O)C(O)C3O)C(O)C2O)C(O)C1O)C(O)/C=C/CC/C=C/CC/C=C/CCCCCCCCCCCCCCCCCC. The third kappa shape index (κ3) is 34.9. The molecule has 3 fully saturated rings. The van der Waals surface area contributed by atoms with Gasteiger partial charge in [-0.15, -0.1) is 0 Å². The summed E-state index contributed by atoms with van der Waals surface area (Å²) in [5.74, 6) is -0.335. The van der Waals surface area contributed by atoms with Crippen LogP contribution in [0.4, 0.5) is 0 Å². The van der Waals surface area contributed by atoms with Gasteiger partial charge in [0.15, 0.2) is 18.9 Å². The summed E-state index contributed by atoms with van der Waals surface area (Å²) >= 11 is 0. The van der Waals surface area contributed by atoms with E-state index in [2.05, 4.69) is 116 Å². The number of aliphatic hydroxyl groups is 11. The molecular weight excluding hydrogens is 1180 g/mol. The number of nitrogens with one attached hydrogen (secondary N) is 1. The normalized spacial score (nSPS) is 28.4. The zero-order valence-electron chi connectivity index (χ0n) is 55.7. The van der Waals surface area contributed by atoms with E-state index in [1.54, 1.807) is 6.08 Å². The minimum atomic E-state index is -1.99. The van der Waals surface area contributed by atoms with Gasteiger partial charge in [0.1, 0.15) is 73.2 Å². The Morgan fingerprint density at radius 3 is 1.22 bits per heavy atom. The van der Waals surface area contributed by atoms with Crippen LogP contribution < -0.4 is 5.32 Å². The van der Waals surface area contributed by atoms with Crippen molar-refractivity contribution < 1.29 is 89.4 Å². The Hall–Kier alpha value is -3.55. The van der Waals surface area contributed by atoms with E-state index in [0.29, 0.717) is 12.8 Å². The second-order valence-electron chi connectivity index (χ2n) is 24.6. The lowest BCUT2D eigenvalue weighted by Crippen LogP contribution is -2.66. The van der Waals surface area contributed by atoms with Crippen molar-refractivity contribution in [3.8, 4) is 0 Å². The molecule has 19 nitrogen and oxygen atoms in total. The summed E-state index contributed by atoms with van der Waals surface area (Å²) in [5, 5.41) is 120. The quantitative estimate of drug-likeness (QED) is 0.0199. The Bertz CT molecular complexity index is 2090. The molecule has 3 saturated heterocycles. The van der Waals surface area contributed by atoms with Gasteiger partial charge in [-0.3, -0.25) is 4.79 Å². The molecule has 3 rings (SSSR count). The van der Waals surface area contributed by atoms with Crippen LogP contribution in [0.1, 0.15) is 213 Å². The summed E-state index contributed by atoms with van der Waals surface area (Å²) in [7, 11) is 0. The summed E-state index contributed by atoms with van der Waals surface area (Å²) in [6.45, 7) is 1.55. The monoisotopic (exact) mass is 1300 g/mol. The standard InChI is InChI=1S/C73H123NO18/c1-3-5-7-9-11-13-15-17-19-21-23-25-26-27-28-29-31-32-34-36-38-40-42-44-46-48-50-57(78)56(74-61(79)51-49-47-45-43-41-39-37-35-33-30-24-22-20-18-16-14-12-10-8-6-4-2)55-87-71-67(85)64(82)69(59(53-76)89-71)92-73-68(86)65(83)70(60(54-77)90-73)91-72-66(84)63(81)62(80)58(52-75)88-72/h6,8,12,14,18,20,24,30,32,34-35,37,40-43,48,50,56-60,62-73,75-78,80-86H,3-5,7,9-11,13,15-17,19,21-23,25-29,31,33,36,38-39,44-47,49,51-55H2,1-2H3,(H,74,79)/b8-6-,14-12-,20-18-,30-24-,34-32+,37-35-,42-40+,43-41-,50-48+. The summed E-state index contributed by atoms with van der Waals surface area (Å²) in [6.07, 6.45) is 45.0. The van der Waals surface area contributed by atoms with Gasteiger partial charge in [-0.05, 0) is 96.3 Å². The Balaban J connectivity index is 1.48. The van der Waals surface area contributed by atoms with Gasteiger partial charge in [-0.2, -0.15) is 0 Å². The molecule has 0 radical (unpaired) electrons. The van der Waals surface area contributed by atoms with Gasteiger partial charge in [0.25, 0.3) is 0 Å². The van der Waals surface area contributed by atoms with Crippen molar-refractivity contribution in [2.24, 2.45) is 0 Å². The maximum absolute atomic E-state index is 13.4. The topological polar surface area (TPSA) is 307 Å². The van der Waals surface area contributed by atoms with Crippen molar-refractivity contribution >= 4 is 5.91 Å². The number of aliphatic hydroxyl groups excluding tert-OH is 11. The second kappa shape index (κ2) is 53.6. The van der Waals surface area contributed by atoms with Crippen molar-refractivity contribution in [3.63, 3.8) is 0 Å². The molecule has 0 aromatic rings. The van der Waals surface area contributed by atoms with E-state index >= 15 is 0 Å². The Kier molecular flexibility index (Phi) is 48.1. The third-order valence-corrected chi connectivity index (χ3v) is 16.8. The lowest BCUT2D eigenvalue weighted by molar-refractivity contribution is -0.379. The molecule has 0 aliphatic carbocycles. The summed E-state index contributed by atoms with van der Waals surface area (Å²) in [4.78, 5) is 13.4. The Labute approximate surface area is 551 Å². The number of carbonyl (C=O) groups is 1. The molecule has 17 unspecified atom stereocenters. The van der Waals surface area contributed by atoms with Crippen LogP contribution in [0, 0.1) is 0 Å². The minimum absolute atomic E-state index is 0.170. The fraction of sp³-hybridized carbons (Fsp3) is 0.740. The number of carbonyl (C=O) groups excluding carboxylic acids is 1. The third-order valence-electron chi connectivity index (χ3n) is 16.8. The molecule has 19 heteroatoms. The van der Waals surface area contributed by atoms with Crippen LogP contribution in [0.3, 0.4) is 0 Å². The molecule has 92 heavy (non-hydrogen) atoms. The number of allylic oxidation sites excluding steroid dienone is 17. The van der Waals surface area contributed by atoms with Crippen LogP contribution in [-0.2, 0) is 33.2 Å². The molecule has 17 atom stereocenters. The fourth-order valence-electron chi connectivity index (χ4n) is 11.1. The molecule has 0 bridgehead atoms. The van der Waals surface area contributed by atoms with Crippen molar-refractivity contribution in [2.45, 2.75) is 317 Å². The number of ether oxygens (including phenoxy) is 6. The first-order chi connectivity index (χ1) is 44.8. The van der Waals surface area contributed by atoms with Gasteiger partial charge in [0, 0.05) is 6.42 Å². The van der Waals surface area contributed by atoms with Crippen LogP contribution >= 0.6 is 0 Å². The van der Waals surface area contributed by atoms with Gasteiger partial charge in [-0.1, -0.05) is 220 Å². The summed E-state index contributed by atoms with van der Waals surface area (Å²) < 4.78 is 34.3. The van der Waals surface area contributed by atoms with E-state index < -0.39 is 131 Å². The molecule has 0 aromatic heterocycles. The highest BCUT2D eigenvalue weighted by Crippen LogP contribution is 2.33. The molecule has 1 amide bonds. The van der Waals surface area contributed by atoms with E-state index in [4.69, 9.17) is 28.4 Å². The number of hydrogen-bond acceptors (Lipinski definition) is 18. The maximum Gasteiger partial charge on any atom is 0.220 e. The van der Waals surface area contributed by atoms with Crippen LogP contribution in [0.5, 0.6) is 0 Å². The number of rotatable bonds is 52. The van der Waals surface area contributed by atoms with Crippen molar-refractivity contribution in [3.05, 3.63) is 109 Å². The zero-order chi connectivity index (χ0) is 66.8. The molecule has 3 aliphatic heterocycles. The van der Waals surface area contributed by atoms with Crippen molar-refractivity contribution in [1.82, 2.24) is 5.32 Å². The van der Waals surface area contributed by atoms with Crippen LogP contribution in [0.2, 0.25) is 0 Å². The summed E-state index contributed by atoms with van der Waals surface area (Å²) in [6, 6.07) is -1.03. The summed E-state index contributed by atoms with van der Waals surface area (Å²) in [5.41, 5.74) is 0. The lowest BCUT2D eigenvalue weighted by atomic mass is 9.96. The number of amides is 1. The first-order valence-corrected chi connectivity index (χ1v) is 35.1. The van der Waals surface area contributed by atoms with E-state index in [1.165, 1.54) is 103 Å². The smallest absolute Gasteiger partial charge is 0.220 e. The highest BCUT2D eigenvalue weighted by atomic mass is 16.8.